The molecule has 6 heteroatoms. The average molecular weight is 269 g/mol. The molecule has 0 radical (unpaired) electrons. The number of amides is 1. The molecule has 1 aromatic carbocycles. The number of hydrogen-bond donors (Lipinski definition) is 1. The third-order valence-electron chi connectivity index (χ3n) is 2.71. The van der Waals surface area contributed by atoms with E-state index in [1.807, 2.05) is 0 Å². The minimum Gasteiger partial charge on any atom is -0.494 e. The predicted molar refractivity (Wildman–Crippen MR) is 66.7 cm³/mol. The first kappa shape index (κ1) is 14.9. The number of carbonyl (C=O) groups excluding carboxylic acids is 1. The van der Waals surface area contributed by atoms with Crippen LogP contribution in [0.3, 0.4) is 0 Å². The third kappa shape index (κ3) is 3.67. The fourth-order valence-corrected chi connectivity index (χ4v) is 1.59. The molecule has 1 amide bonds. The minimum absolute atomic E-state index is 0.0538. The Balaban J connectivity index is 2.82. The van der Waals surface area contributed by atoms with E-state index in [-0.39, 0.29) is 17.9 Å². The topological polar surface area (TPSA) is 66.8 Å². The summed E-state index contributed by atoms with van der Waals surface area (Å²) in [6, 6.07) is 3.87. The maximum absolute atomic E-state index is 13.5. The van der Waals surface area contributed by atoms with Crippen LogP contribution in [0.25, 0.3) is 0 Å². The van der Waals surface area contributed by atoms with Crippen molar-refractivity contribution in [1.29, 1.82) is 0 Å². The van der Waals surface area contributed by atoms with Crippen molar-refractivity contribution < 1.29 is 23.8 Å². The summed E-state index contributed by atoms with van der Waals surface area (Å²) >= 11 is 0. The van der Waals surface area contributed by atoms with Crippen molar-refractivity contribution in [2.45, 2.75) is 6.92 Å². The van der Waals surface area contributed by atoms with Crippen molar-refractivity contribution >= 4 is 11.9 Å². The van der Waals surface area contributed by atoms with Crippen molar-refractivity contribution in [2.75, 3.05) is 20.7 Å². The van der Waals surface area contributed by atoms with Crippen molar-refractivity contribution in [3.8, 4) is 5.75 Å². The first-order chi connectivity index (χ1) is 8.86. The summed E-state index contributed by atoms with van der Waals surface area (Å²) in [5, 5.41) is 8.78. The second kappa shape index (κ2) is 6.17. The van der Waals surface area contributed by atoms with E-state index >= 15 is 0 Å². The number of carbonyl (C=O) groups is 2. The van der Waals surface area contributed by atoms with Gasteiger partial charge < -0.3 is 14.7 Å². The van der Waals surface area contributed by atoms with Gasteiger partial charge in [0.25, 0.3) is 5.91 Å². The molecule has 1 unspecified atom stereocenters. The van der Waals surface area contributed by atoms with Crippen LogP contribution in [0, 0.1) is 11.7 Å². The lowest BCUT2D eigenvalue weighted by atomic mass is 10.1. The Kier molecular flexibility index (Phi) is 4.86. The molecule has 0 aliphatic rings. The van der Waals surface area contributed by atoms with E-state index in [4.69, 9.17) is 9.84 Å². The summed E-state index contributed by atoms with van der Waals surface area (Å²) in [4.78, 5) is 23.9. The first-order valence-corrected chi connectivity index (χ1v) is 5.68. The summed E-state index contributed by atoms with van der Waals surface area (Å²) in [5.41, 5.74) is 0.151. The summed E-state index contributed by atoms with van der Waals surface area (Å²) in [6.45, 7) is 1.56. The molecule has 0 aliphatic heterocycles. The molecule has 5 nitrogen and oxygen atoms in total. The number of ether oxygens (including phenoxy) is 1. The normalized spacial score (nSPS) is 11.8. The Hall–Kier alpha value is -2.11. The monoisotopic (exact) mass is 269 g/mol. The molecule has 19 heavy (non-hydrogen) atoms. The molecule has 1 N–H and O–H groups in total. The highest BCUT2D eigenvalue weighted by molar-refractivity contribution is 5.94. The number of halogens is 1. The number of aliphatic carboxylic acids is 1. The Labute approximate surface area is 110 Å². The van der Waals surface area contributed by atoms with Crippen LogP contribution < -0.4 is 4.74 Å². The van der Waals surface area contributed by atoms with Crippen LogP contribution in [0.5, 0.6) is 5.75 Å². The number of rotatable bonds is 5. The highest BCUT2D eigenvalue weighted by Crippen LogP contribution is 2.18. The molecule has 1 atom stereocenters. The van der Waals surface area contributed by atoms with E-state index < -0.39 is 23.6 Å². The fraction of sp³-hybridized carbons (Fsp3) is 0.385. The molecule has 0 saturated carbocycles. The molecule has 0 aromatic heterocycles. The molecule has 1 rings (SSSR count). The smallest absolute Gasteiger partial charge is 0.308 e. The quantitative estimate of drug-likeness (QED) is 0.882. The second-order valence-corrected chi connectivity index (χ2v) is 4.27. The number of nitrogens with zero attached hydrogens (tertiary/aromatic N) is 1. The van der Waals surface area contributed by atoms with Crippen LogP contribution in [0.15, 0.2) is 18.2 Å². The van der Waals surface area contributed by atoms with Gasteiger partial charge in [0.15, 0.2) is 11.6 Å². The van der Waals surface area contributed by atoms with E-state index in [1.165, 1.54) is 38.1 Å². The zero-order valence-electron chi connectivity index (χ0n) is 11.0. The van der Waals surface area contributed by atoms with Gasteiger partial charge in [-0.3, -0.25) is 9.59 Å². The van der Waals surface area contributed by atoms with E-state index in [9.17, 15) is 14.0 Å². The molecular formula is C13H16FNO4. The van der Waals surface area contributed by atoms with Crippen LogP contribution in [-0.2, 0) is 4.79 Å². The fourth-order valence-electron chi connectivity index (χ4n) is 1.59. The minimum atomic E-state index is -0.986. The van der Waals surface area contributed by atoms with Crippen LogP contribution in [0.2, 0.25) is 0 Å². The first-order valence-electron chi connectivity index (χ1n) is 5.68. The van der Waals surface area contributed by atoms with E-state index in [0.717, 1.165) is 6.07 Å². The number of hydrogen-bond acceptors (Lipinski definition) is 3. The number of benzene rings is 1. The lowest BCUT2D eigenvalue weighted by molar-refractivity contribution is -0.141. The second-order valence-electron chi connectivity index (χ2n) is 4.27. The molecule has 1 aromatic rings. The Morgan fingerprint density at radius 2 is 2.11 bits per heavy atom. The molecule has 0 spiro atoms. The van der Waals surface area contributed by atoms with E-state index in [1.54, 1.807) is 0 Å². The standard InChI is InChI=1S/C13H16FNO4/c1-8(13(17)18)7-15(2)12(16)9-4-5-11(19-3)10(14)6-9/h4-6,8H,7H2,1-3H3,(H,17,18). The van der Waals surface area contributed by atoms with E-state index in [0.29, 0.717) is 0 Å². The van der Waals surface area contributed by atoms with Gasteiger partial charge in [-0.25, -0.2) is 4.39 Å². The van der Waals surface area contributed by atoms with Gasteiger partial charge in [0.05, 0.1) is 13.0 Å². The summed E-state index contributed by atoms with van der Waals surface area (Å²) in [5.74, 6) is -2.68. The van der Waals surface area contributed by atoms with Gasteiger partial charge >= 0.3 is 5.97 Å². The van der Waals surface area contributed by atoms with Crippen LogP contribution in [0.1, 0.15) is 17.3 Å². The maximum atomic E-state index is 13.5. The number of methoxy groups -OCH3 is 1. The Morgan fingerprint density at radius 1 is 1.47 bits per heavy atom. The molecule has 0 saturated heterocycles. The third-order valence-corrected chi connectivity index (χ3v) is 2.71. The predicted octanol–water partition coefficient (Wildman–Crippen LogP) is 1.63. The molecule has 104 valence electrons. The van der Waals surface area contributed by atoms with Gasteiger partial charge in [-0.15, -0.1) is 0 Å². The van der Waals surface area contributed by atoms with Crippen molar-refractivity contribution in [2.24, 2.45) is 5.92 Å². The SMILES string of the molecule is COc1ccc(C(=O)N(C)CC(C)C(=O)O)cc1F. The van der Waals surface area contributed by atoms with Crippen LogP contribution in [0.4, 0.5) is 4.39 Å². The lowest BCUT2D eigenvalue weighted by Crippen LogP contribution is -2.33. The van der Waals surface area contributed by atoms with Crippen molar-refractivity contribution in [1.82, 2.24) is 4.90 Å². The summed E-state index contributed by atoms with van der Waals surface area (Å²) in [7, 11) is 2.81. The van der Waals surface area contributed by atoms with Gasteiger partial charge in [0, 0.05) is 19.2 Å². The van der Waals surface area contributed by atoms with Gasteiger partial charge in [-0.1, -0.05) is 6.92 Å². The average Bonchev–Trinajstić information content (AvgIpc) is 2.37. The molecule has 0 heterocycles. The lowest BCUT2D eigenvalue weighted by Gasteiger charge is -2.19. The summed E-state index contributed by atoms with van der Waals surface area (Å²) in [6.07, 6.45) is 0. The zero-order valence-corrected chi connectivity index (χ0v) is 11.0. The van der Waals surface area contributed by atoms with Gasteiger partial charge in [-0.2, -0.15) is 0 Å². The Bertz CT molecular complexity index is 490. The molecular weight excluding hydrogens is 253 g/mol. The Morgan fingerprint density at radius 3 is 2.58 bits per heavy atom. The van der Waals surface area contributed by atoms with Crippen molar-refractivity contribution in [3.63, 3.8) is 0 Å². The van der Waals surface area contributed by atoms with Crippen molar-refractivity contribution in [3.05, 3.63) is 29.6 Å². The highest BCUT2D eigenvalue weighted by atomic mass is 19.1. The zero-order chi connectivity index (χ0) is 14.6. The van der Waals surface area contributed by atoms with Crippen LogP contribution in [-0.4, -0.2) is 42.6 Å². The van der Waals surface area contributed by atoms with Gasteiger partial charge in [-0.05, 0) is 18.2 Å². The highest BCUT2D eigenvalue weighted by Gasteiger charge is 2.19. The molecule has 0 bridgehead atoms. The van der Waals surface area contributed by atoms with Gasteiger partial charge in [0.1, 0.15) is 0 Å². The summed E-state index contributed by atoms with van der Waals surface area (Å²) < 4.78 is 18.2. The largest absolute Gasteiger partial charge is 0.494 e. The molecule has 0 fully saturated rings. The maximum Gasteiger partial charge on any atom is 0.308 e. The van der Waals surface area contributed by atoms with E-state index in [2.05, 4.69) is 0 Å². The number of carboxylic acid groups (broad SMARTS) is 1. The van der Waals surface area contributed by atoms with Crippen LogP contribution >= 0.6 is 0 Å². The van der Waals surface area contributed by atoms with Gasteiger partial charge in [0.2, 0.25) is 0 Å². The number of carboxylic acids is 1. The molecule has 0 aliphatic carbocycles.